The molecule has 33 heavy (non-hydrogen) atoms. The van der Waals surface area contributed by atoms with Gasteiger partial charge < -0.3 is 9.80 Å². The quantitative estimate of drug-likeness (QED) is 0.233. The Balaban J connectivity index is 1.65. The second-order valence-corrected chi connectivity index (χ2v) is 8.59. The number of nitrogens with zero attached hydrogens (tertiary/aromatic N) is 2. The third-order valence-corrected chi connectivity index (χ3v) is 6.00. The summed E-state index contributed by atoms with van der Waals surface area (Å²) in [5.74, 6) is 0. The Hall–Kier alpha value is -3.82. The highest BCUT2D eigenvalue weighted by Gasteiger charge is 2.16. The zero-order chi connectivity index (χ0) is 22.5. The number of hydrogen-bond donors (Lipinski definition) is 0. The molecule has 0 unspecified atom stereocenters. The first-order valence-corrected chi connectivity index (χ1v) is 11.7. The van der Waals surface area contributed by atoms with E-state index in [4.69, 9.17) is 0 Å². The standard InChI is InChI=1S/C30H23BrN2/c31-24-19-21-28(22-20-24)33(27-15-8-3-9-16-27)30-18-10-17-29(23-30)32(25-11-4-1-5-12-25)26-13-6-2-7-14-26/h1-23H. The molecule has 0 fully saturated rings. The van der Waals surface area contributed by atoms with Gasteiger partial charge in [0.1, 0.15) is 0 Å². The first kappa shape index (κ1) is 21.0. The van der Waals surface area contributed by atoms with E-state index in [0.29, 0.717) is 0 Å². The van der Waals surface area contributed by atoms with Gasteiger partial charge in [-0.15, -0.1) is 0 Å². The Morgan fingerprint density at radius 3 is 1.06 bits per heavy atom. The lowest BCUT2D eigenvalue weighted by atomic mass is 10.1. The molecular formula is C30H23BrN2. The average molecular weight is 491 g/mol. The first-order valence-electron chi connectivity index (χ1n) is 10.9. The minimum atomic E-state index is 1.06. The average Bonchev–Trinajstić information content (AvgIpc) is 2.88. The molecule has 0 aliphatic carbocycles. The van der Waals surface area contributed by atoms with Crippen LogP contribution in [0.4, 0.5) is 34.1 Å². The number of hydrogen-bond acceptors (Lipinski definition) is 2. The zero-order valence-corrected chi connectivity index (χ0v) is 19.6. The second kappa shape index (κ2) is 9.76. The minimum absolute atomic E-state index is 1.06. The molecule has 5 aromatic carbocycles. The Labute approximate surface area is 203 Å². The van der Waals surface area contributed by atoms with E-state index in [1.165, 1.54) is 0 Å². The van der Waals surface area contributed by atoms with Gasteiger partial charge in [-0.25, -0.2) is 0 Å². The van der Waals surface area contributed by atoms with Crippen molar-refractivity contribution in [3.63, 3.8) is 0 Å². The second-order valence-electron chi connectivity index (χ2n) is 7.67. The van der Waals surface area contributed by atoms with Crippen LogP contribution in [-0.4, -0.2) is 0 Å². The normalized spacial score (nSPS) is 10.6. The van der Waals surface area contributed by atoms with Gasteiger partial charge >= 0.3 is 0 Å². The SMILES string of the molecule is Brc1ccc(N(c2ccccc2)c2cccc(N(c3ccccc3)c3ccccc3)c2)cc1. The predicted octanol–water partition coefficient (Wildman–Crippen LogP) is 9.39. The van der Waals surface area contributed by atoms with Crippen LogP contribution in [0.3, 0.4) is 0 Å². The van der Waals surface area contributed by atoms with Crippen molar-refractivity contribution in [3.05, 3.63) is 144 Å². The van der Waals surface area contributed by atoms with Crippen molar-refractivity contribution < 1.29 is 0 Å². The summed E-state index contributed by atoms with van der Waals surface area (Å²) < 4.78 is 1.06. The van der Waals surface area contributed by atoms with Gasteiger partial charge in [0.2, 0.25) is 0 Å². The predicted molar refractivity (Wildman–Crippen MR) is 144 cm³/mol. The van der Waals surface area contributed by atoms with Crippen LogP contribution in [0, 0.1) is 0 Å². The van der Waals surface area contributed by atoms with Crippen LogP contribution >= 0.6 is 15.9 Å². The van der Waals surface area contributed by atoms with Crippen molar-refractivity contribution in [2.24, 2.45) is 0 Å². The summed E-state index contributed by atoms with van der Waals surface area (Å²) >= 11 is 3.56. The van der Waals surface area contributed by atoms with Gasteiger partial charge in [-0.05, 0) is 78.9 Å². The molecule has 0 radical (unpaired) electrons. The number of anilines is 6. The van der Waals surface area contributed by atoms with E-state index < -0.39 is 0 Å². The summed E-state index contributed by atoms with van der Waals surface area (Å²) in [7, 11) is 0. The summed E-state index contributed by atoms with van der Waals surface area (Å²) in [5, 5.41) is 0. The number of halogens is 1. The van der Waals surface area contributed by atoms with Gasteiger partial charge in [0.15, 0.2) is 0 Å². The molecule has 0 saturated carbocycles. The van der Waals surface area contributed by atoms with Crippen LogP contribution in [0.5, 0.6) is 0 Å². The molecule has 0 heterocycles. The molecular weight excluding hydrogens is 468 g/mol. The maximum absolute atomic E-state index is 3.56. The largest absolute Gasteiger partial charge is 0.310 e. The molecule has 0 aliphatic rings. The van der Waals surface area contributed by atoms with E-state index >= 15 is 0 Å². The fraction of sp³-hybridized carbons (Fsp3) is 0. The van der Waals surface area contributed by atoms with E-state index in [9.17, 15) is 0 Å². The molecule has 0 saturated heterocycles. The molecule has 5 aromatic rings. The molecule has 3 heteroatoms. The van der Waals surface area contributed by atoms with Crippen molar-refractivity contribution in [2.75, 3.05) is 9.80 Å². The lowest BCUT2D eigenvalue weighted by molar-refractivity contribution is 1.25. The van der Waals surface area contributed by atoms with Crippen LogP contribution in [0.15, 0.2) is 144 Å². The lowest BCUT2D eigenvalue weighted by Gasteiger charge is -2.29. The van der Waals surface area contributed by atoms with Crippen LogP contribution in [0.1, 0.15) is 0 Å². The van der Waals surface area contributed by atoms with Crippen molar-refractivity contribution in [1.82, 2.24) is 0 Å². The topological polar surface area (TPSA) is 6.48 Å². The summed E-state index contributed by atoms with van der Waals surface area (Å²) in [6.45, 7) is 0. The number of benzene rings is 5. The molecule has 0 amide bonds. The van der Waals surface area contributed by atoms with Crippen LogP contribution < -0.4 is 9.80 Å². The maximum Gasteiger partial charge on any atom is 0.0482 e. The molecule has 0 bridgehead atoms. The molecule has 0 spiro atoms. The highest BCUT2D eigenvalue weighted by molar-refractivity contribution is 9.10. The third-order valence-electron chi connectivity index (χ3n) is 5.47. The lowest BCUT2D eigenvalue weighted by Crippen LogP contribution is -2.13. The van der Waals surface area contributed by atoms with Crippen LogP contribution in [-0.2, 0) is 0 Å². The zero-order valence-electron chi connectivity index (χ0n) is 18.1. The Bertz CT molecular complexity index is 1260. The maximum atomic E-state index is 3.56. The Kier molecular flexibility index (Phi) is 6.23. The summed E-state index contributed by atoms with van der Waals surface area (Å²) in [6.07, 6.45) is 0. The molecule has 0 N–H and O–H groups in total. The molecule has 2 nitrogen and oxygen atoms in total. The summed E-state index contributed by atoms with van der Waals surface area (Å²) in [4.78, 5) is 4.57. The Morgan fingerprint density at radius 1 is 0.333 bits per heavy atom. The van der Waals surface area contributed by atoms with E-state index in [1.807, 2.05) is 18.2 Å². The summed E-state index contributed by atoms with van der Waals surface area (Å²) in [6, 6.07) is 48.6. The van der Waals surface area contributed by atoms with Gasteiger partial charge in [-0.1, -0.05) is 76.6 Å². The van der Waals surface area contributed by atoms with Gasteiger partial charge in [0.05, 0.1) is 0 Å². The van der Waals surface area contributed by atoms with Crippen molar-refractivity contribution in [3.8, 4) is 0 Å². The van der Waals surface area contributed by atoms with Crippen molar-refractivity contribution in [1.29, 1.82) is 0 Å². The van der Waals surface area contributed by atoms with E-state index in [-0.39, 0.29) is 0 Å². The van der Waals surface area contributed by atoms with Crippen molar-refractivity contribution in [2.45, 2.75) is 0 Å². The summed E-state index contributed by atoms with van der Waals surface area (Å²) in [5.41, 5.74) is 6.66. The Morgan fingerprint density at radius 2 is 0.667 bits per heavy atom. The fourth-order valence-corrected chi connectivity index (χ4v) is 4.25. The number of rotatable bonds is 6. The van der Waals surface area contributed by atoms with E-state index in [2.05, 4.69) is 147 Å². The van der Waals surface area contributed by atoms with Crippen LogP contribution in [0.25, 0.3) is 0 Å². The van der Waals surface area contributed by atoms with Gasteiger partial charge in [-0.2, -0.15) is 0 Å². The number of para-hydroxylation sites is 3. The first-order chi connectivity index (χ1) is 16.3. The van der Waals surface area contributed by atoms with Gasteiger partial charge in [0, 0.05) is 38.6 Å². The minimum Gasteiger partial charge on any atom is -0.310 e. The van der Waals surface area contributed by atoms with Gasteiger partial charge in [0.25, 0.3) is 0 Å². The molecule has 160 valence electrons. The monoisotopic (exact) mass is 490 g/mol. The van der Waals surface area contributed by atoms with E-state index in [0.717, 1.165) is 38.6 Å². The molecule has 0 atom stereocenters. The van der Waals surface area contributed by atoms with Gasteiger partial charge in [-0.3, -0.25) is 0 Å². The highest BCUT2D eigenvalue weighted by Crippen LogP contribution is 2.40. The molecule has 5 rings (SSSR count). The van der Waals surface area contributed by atoms with Crippen molar-refractivity contribution >= 4 is 50.1 Å². The smallest absolute Gasteiger partial charge is 0.0482 e. The molecule has 0 aromatic heterocycles. The third kappa shape index (κ3) is 4.69. The van der Waals surface area contributed by atoms with Crippen LogP contribution in [0.2, 0.25) is 0 Å². The fourth-order valence-electron chi connectivity index (χ4n) is 3.99. The van der Waals surface area contributed by atoms with E-state index in [1.54, 1.807) is 0 Å². The molecule has 0 aliphatic heterocycles. The highest BCUT2D eigenvalue weighted by atomic mass is 79.9.